The predicted octanol–water partition coefficient (Wildman–Crippen LogP) is 3.10. The number of hydrogen-bond acceptors (Lipinski definition) is 7. The fraction of sp³-hybridized carbons (Fsp3) is 0.926. The van der Waals surface area contributed by atoms with Crippen molar-refractivity contribution in [3.63, 3.8) is 0 Å². The molecule has 0 spiro atoms. The summed E-state index contributed by atoms with van der Waals surface area (Å²) in [5.41, 5.74) is -2.25. The van der Waals surface area contributed by atoms with Crippen molar-refractivity contribution in [3.05, 3.63) is 12.2 Å². The molecule has 4 aliphatic rings. The van der Waals surface area contributed by atoms with Gasteiger partial charge in [0.05, 0.1) is 30.0 Å². The number of hydrogen-bond donors (Lipinski definition) is 5. The van der Waals surface area contributed by atoms with E-state index in [0.717, 1.165) is 12.8 Å². The van der Waals surface area contributed by atoms with Crippen LogP contribution in [0, 0.1) is 46.3 Å². The van der Waals surface area contributed by atoms with E-state index in [9.17, 15) is 33.4 Å². The summed E-state index contributed by atoms with van der Waals surface area (Å²) in [6, 6.07) is 0. The Balaban J connectivity index is 1.73. The van der Waals surface area contributed by atoms with Gasteiger partial charge in [0.25, 0.3) is 0 Å². The van der Waals surface area contributed by atoms with Crippen LogP contribution < -0.4 is 0 Å². The van der Waals surface area contributed by atoms with Gasteiger partial charge in [-0.25, -0.2) is 4.18 Å². The second-order valence-corrected chi connectivity index (χ2v) is 14.3. The topological polar surface area (TPSA) is 145 Å². The van der Waals surface area contributed by atoms with Gasteiger partial charge in [-0.15, -0.1) is 0 Å². The van der Waals surface area contributed by atoms with Crippen LogP contribution in [-0.4, -0.2) is 63.4 Å². The molecule has 0 amide bonds. The van der Waals surface area contributed by atoms with E-state index in [-0.39, 0.29) is 41.4 Å². The third kappa shape index (κ3) is 4.71. The molecule has 208 valence electrons. The van der Waals surface area contributed by atoms with E-state index in [2.05, 4.69) is 13.8 Å². The van der Waals surface area contributed by atoms with Crippen LogP contribution in [0.1, 0.15) is 79.6 Å². The number of aliphatic hydroxyl groups is 4. The van der Waals surface area contributed by atoms with Gasteiger partial charge in [0.2, 0.25) is 0 Å². The number of allylic oxidation sites excluding steroid dienone is 1. The highest BCUT2D eigenvalue weighted by molar-refractivity contribution is 7.80. The molecular weight excluding hydrogens is 484 g/mol. The maximum Gasteiger partial charge on any atom is 0.397 e. The minimum Gasteiger partial charge on any atom is -0.393 e. The van der Waals surface area contributed by atoms with Crippen molar-refractivity contribution in [1.82, 2.24) is 0 Å². The lowest BCUT2D eigenvalue weighted by Crippen LogP contribution is -2.68. The van der Waals surface area contributed by atoms with Crippen molar-refractivity contribution in [1.29, 1.82) is 0 Å². The largest absolute Gasteiger partial charge is 0.397 e. The zero-order chi connectivity index (χ0) is 26.8. The Bertz CT molecular complexity index is 951. The molecule has 4 saturated carbocycles. The maximum atomic E-state index is 12.5. The van der Waals surface area contributed by atoms with Crippen LogP contribution in [0.15, 0.2) is 12.2 Å². The molecule has 36 heavy (non-hydrogen) atoms. The van der Waals surface area contributed by atoms with E-state index < -0.39 is 51.7 Å². The van der Waals surface area contributed by atoms with Gasteiger partial charge in [0.1, 0.15) is 0 Å². The summed E-state index contributed by atoms with van der Waals surface area (Å²) in [7, 11) is -4.76. The molecule has 0 saturated heterocycles. The predicted molar refractivity (Wildman–Crippen MR) is 135 cm³/mol. The van der Waals surface area contributed by atoms with E-state index in [1.807, 2.05) is 26.8 Å². The van der Waals surface area contributed by atoms with E-state index in [1.54, 1.807) is 6.08 Å². The summed E-state index contributed by atoms with van der Waals surface area (Å²) in [5, 5.41) is 44.4. The van der Waals surface area contributed by atoms with Crippen LogP contribution in [0.25, 0.3) is 0 Å². The van der Waals surface area contributed by atoms with E-state index in [4.69, 9.17) is 4.18 Å². The molecule has 4 rings (SSSR count). The smallest absolute Gasteiger partial charge is 0.393 e. The summed E-state index contributed by atoms with van der Waals surface area (Å²) in [4.78, 5) is 0. The van der Waals surface area contributed by atoms with Crippen LogP contribution in [0.2, 0.25) is 0 Å². The van der Waals surface area contributed by atoms with Crippen molar-refractivity contribution in [3.8, 4) is 0 Å². The van der Waals surface area contributed by atoms with Gasteiger partial charge >= 0.3 is 10.4 Å². The number of aliphatic hydroxyl groups excluding tert-OH is 3. The Morgan fingerprint density at radius 3 is 2.25 bits per heavy atom. The molecule has 0 aromatic rings. The van der Waals surface area contributed by atoms with Crippen LogP contribution in [-0.2, 0) is 14.6 Å². The average Bonchev–Trinajstić information content (AvgIpc) is 3.04. The second kappa shape index (κ2) is 9.57. The summed E-state index contributed by atoms with van der Waals surface area (Å²) >= 11 is 0. The summed E-state index contributed by atoms with van der Waals surface area (Å²) in [6.45, 7) is 10.1. The van der Waals surface area contributed by atoms with Gasteiger partial charge in [-0.2, -0.15) is 8.42 Å². The van der Waals surface area contributed by atoms with E-state index >= 15 is 0 Å². The van der Waals surface area contributed by atoms with Gasteiger partial charge in [-0.3, -0.25) is 4.55 Å². The Morgan fingerprint density at radius 2 is 1.64 bits per heavy atom. The third-order valence-corrected chi connectivity index (χ3v) is 11.4. The van der Waals surface area contributed by atoms with Crippen LogP contribution in [0.5, 0.6) is 0 Å². The Kier molecular flexibility index (Phi) is 7.57. The Labute approximate surface area is 216 Å². The van der Waals surface area contributed by atoms with Gasteiger partial charge in [-0.05, 0) is 78.9 Å². The van der Waals surface area contributed by atoms with Crippen molar-refractivity contribution in [2.45, 2.75) is 110 Å². The SMILES string of the molecule is CC(C)[C@@H](O)/C=C/[C@@H](C)[C@H]1C[C@H](OS(=O)(=O)O)[C@@H]2[C@]1(C)CC[C@@H]1[C@@]3(C)CC[C@H](O)C[C@@H]3[C@H](O)C[C@]12O. The van der Waals surface area contributed by atoms with E-state index in [1.165, 1.54) is 0 Å². The second-order valence-electron chi connectivity index (χ2n) is 13.3. The highest BCUT2D eigenvalue weighted by atomic mass is 32.3. The van der Waals surface area contributed by atoms with Crippen molar-refractivity contribution in [2.24, 2.45) is 46.3 Å². The molecule has 8 nitrogen and oxygen atoms in total. The van der Waals surface area contributed by atoms with Crippen molar-refractivity contribution in [2.75, 3.05) is 0 Å². The first kappa shape index (κ1) is 28.5. The van der Waals surface area contributed by atoms with Crippen LogP contribution in [0.3, 0.4) is 0 Å². The van der Waals surface area contributed by atoms with Gasteiger partial charge in [0, 0.05) is 12.3 Å². The first-order valence-electron chi connectivity index (χ1n) is 13.6. The average molecular weight is 531 g/mol. The lowest BCUT2D eigenvalue weighted by Gasteiger charge is -2.66. The lowest BCUT2D eigenvalue weighted by molar-refractivity contribution is -0.261. The quantitative estimate of drug-likeness (QED) is 0.260. The molecule has 0 aromatic carbocycles. The first-order chi connectivity index (χ1) is 16.5. The molecule has 0 bridgehead atoms. The number of rotatable bonds is 6. The molecule has 12 atom stereocenters. The molecule has 0 aromatic heterocycles. The lowest BCUT2D eigenvalue weighted by atomic mass is 9.42. The standard InChI is InChI=1S/C27H46O8S/c1-15(2)20(29)7-6-16(3)18-13-22(35-36(32,33)34)24-26(18,5)11-9-23-25(4)10-8-17(28)12-19(25)21(30)14-27(23,24)31/h6-7,15-24,28-31H,8-14H2,1-5H3,(H,32,33,34)/b7-6+/t16-,17+,18-,19-,20+,21-,22+,23-,24-,25+,26-,27+/m1/s1. The molecular formula is C27H46O8S. The molecule has 4 aliphatic carbocycles. The highest BCUT2D eigenvalue weighted by Gasteiger charge is 2.71. The van der Waals surface area contributed by atoms with Gasteiger partial charge in [0.15, 0.2) is 0 Å². The fourth-order valence-corrected chi connectivity index (χ4v) is 9.70. The van der Waals surface area contributed by atoms with Crippen LogP contribution in [0.4, 0.5) is 0 Å². The minimum atomic E-state index is -4.76. The monoisotopic (exact) mass is 530 g/mol. The number of fused-ring (bicyclic) bond motifs is 5. The fourth-order valence-electron chi connectivity index (χ4n) is 9.20. The molecule has 9 heteroatoms. The summed E-state index contributed by atoms with van der Waals surface area (Å²) in [6.07, 6.45) is 4.69. The molecule has 5 N–H and O–H groups in total. The van der Waals surface area contributed by atoms with Crippen LogP contribution >= 0.6 is 0 Å². The zero-order valence-corrected chi connectivity index (χ0v) is 23.1. The first-order valence-corrected chi connectivity index (χ1v) is 15.0. The maximum absolute atomic E-state index is 12.5. The molecule has 0 aliphatic heterocycles. The molecule has 0 radical (unpaired) electrons. The van der Waals surface area contributed by atoms with Gasteiger partial charge < -0.3 is 20.4 Å². The van der Waals surface area contributed by atoms with Crippen molar-refractivity contribution < 1.29 is 37.6 Å². The highest BCUT2D eigenvalue weighted by Crippen LogP contribution is 2.70. The van der Waals surface area contributed by atoms with E-state index in [0.29, 0.717) is 25.7 Å². The normalized spacial score (nSPS) is 48.9. The zero-order valence-electron chi connectivity index (χ0n) is 22.2. The Morgan fingerprint density at radius 1 is 1.00 bits per heavy atom. The molecule has 4 fully saturated rings. The third-order valence-electron chi connectivity index (χ3n) is 10.9. The minimum absolute atomic E-state index is 0.0253. The molecule has 0 unspecified atom stereocenters. The summed E-state index contributed by atoms with van der Waals surface area (Å²) in [5.74, 6) is -0.912. The Hall–Kier alpha value is -0.550. The molecule has 0 heterocycles. The summed E-state index contributed by atoms with van der Waals surface area (Å²) < 4.78 is 38.8. The van der Waals surface area contributed by atoms with Gasteiger partial charge in [-0.1, -0.05) is 46.8 Å². The van der Waals surface area contributed by atoms with Crippen molar-refractivity contribution >= 4 is 10.4 Å².